The van der Waals surface area contributed by atoms with Crippen molar-refractivity contribution in [1.29, 1.82) is 0 Å². The van der Waals surface area contributed by atoms with Gasteiger partial charge >= 0.3 is 0 Å². The highest BCUT2D eigenvalue weighted by atomic mass is 32.2. The molecule has 0 aromatic rings. The van der Waals surface area contributed by atoms with Crippen molar-refractivity contribution >= 4 is 35.9 Å². The van der Waals surface area contributed by atoms with Crippen LogP contribution in [0.3, 0.4) is 0 Å². The molecule has 0 aromatic carbocycles. The molecule has 0 saturated carbocycles. The molecule has 0 spiro atoms. The predicted octanol–water partition coefficient (Wildman–Crippen LogP) is 2.44. The number of amides is 2. The Balaban J connectivity index is 3.71. The van der Waals surface area contributed by atoms with Crippen LogP contribution in [-0.2, 0) is 13.2 Å². The van der Waals surface area contributed by atoms with E-state index in [9.17, 15) is 9.59 Å². The fourth-order valence-corrected chi connectivity index (χ4v) is 2.43. The molecule has 0 aliphatic carbocycles. The van der Waals surface area contributed by atoms with Crippen molar-refractivity contribution < 1.29 is 13.2 Å². The summed E-state index contributed by atoms with van der Waals surface area (Å²) < 4.78 is 5.28. The van der Waals surface area contributed by atoms with Crippen LogP contribution >= 0.6 is 24.1 Å². The zero-order chi connectivity index (χ0) is 15.0. The van der Waals surface area contributed by atoms with Gasteiger partial charge in [-0.25, -0.2) is 3.63 Å². The van der Waals surface area contributed by atoms with E-state index in [0.717, 1.165) is 0 Å². The van der Waals surface area contributed by atoms with Crippen molar-refractivity contribution in [2.24, 2.45) is 11.8 Å². The second-order valence-electron chi connectivity index (χ2n) is 4.94. The molecule has 0 aliphatic rings. The van der Waals surface area contributed by atoms with Crippen LogP contribution in [0.4, 0.5) is 0 Å². The second-order valence-corrected chi connectivity index (χ2v) is 6.48. The van der Waals surface area contributed by atoms with Crippen LogP contribution in [0.5, 0.6) is 0 Å². The van der Waals surface area contributed by atoms with E-state index < -0.39 is 0 Å². The molecule has 0 radical (unpaired) electrons. The third-order valence-corrected chi connectivity index (χ3v) is 4.08. The summed E-state index contributed by atoms with van der Waals surface area (Å²) in [5.41, 5.74) is 0. The van der Waals surface area contributed by atoms with Crippen molar-refractivity contribution in [3.8, 4) is 0 Å². The summed E-state index contributed by atoms with van der Waals surface area (Å²) in [5, 5.41) is 0. The number of hydrogen-bond donors (Lipinski definition) is 0. The van der Waals surface area contributed by atoms with Crippen molar-refractivity contribution in [2.75, 3.05) is 25.8 Å². The lowest BCUT2D eigenvalue weighted by atomic mass is 10.2. The minimum atomic E-state index is -0.00644. The highest BCUT2D eigenvalue weighted by Gasteiger charge is 2.14. The molecule has 0 bridgehead atoms. The Morgan fingerprint density at radius 2 is 1.21 bits per heavy atom. The zero-order valence-electron chi connectivity index (χ0n) is 12.5. The maximum absolute atomic E-state index is 11.6. The van der Waals surface area contributed by atoms with E-state index in [1.165, 1.54) is 24.1 Å². The van der Waals surface area contributed by atoms with Gasteiger partial charge in [-0.05, 0) is 0 Å². The molecular formula is C12H24N2O3S2. The first-order valence-corrected chi connectivity index (χ1v) is 8.00. The third kappa shape index (κ3) is 7.69. The highest BCUT2D eigenvalue weighted by Crippen LogP contribution is 2.17. The minimum Gasteiger partial charge on any atom is -0.334 e. The molecule has 0 aromatic heterocycles. The summed E-state index contributed by atoms with van der Waals surface area (Å²) in [4.78, 5) is 26.4. The summed E-state index contributed by atoms with van der Waals surface area (Å²) in [7, 11) is 3.50. The molecule has 0 unspecified atom stereocenters. The van der Waals surface area contributed by atoms with Gasteiger partial charge in [0, 0.05) is 50.0 Å². The molecule has 0 fully saturated rings. The number of carbonyl (C=O) groups excluding carboxylic acids is 2. The van der Waals surface area contributed by atoms with E-state index in [-0.39, 0.29) is 23.7 Å². The van der Waals surface area contributed by atoms with E-state index in [1.54, 1.807) is 23.9 Å². The van der Waals surface area contributed by atoms with Gasteiger partial charge in [0.25, 0.3) is 0 Å². The quantitative estimate of drug-likeness (QED) is 0.392. The van der Waals surface area contributed by atoms with E-state index in [4.69, 9.17) is 3.63 Å². The molecule has 112 valence electrons. The Morgan fingerprint density at radius 3 is 1.47 bits per heavy atom. The van der Waals surface area contributed by atoms with Gasteiger partial charge < -0.3 is 9.80 Å². The van der Waals surface area contributed by atoms with Gasteiger partial charge in [0.2, 0.25) is 11.8 Å². The molecule has 0 rings (SSSR count). The summed E-state index contributed by atoms with van der Waals surface area (Å²) in [5.74, 6) is 1.13. The molecule has 5 nitrogen and oxygen atoms in total. The topological polar surface area (TPSA) is 49.9 Å². The second kappa shape index (κ2) is 9.50. The Labute approximate surface area is 124 Å². The van der Waals surface area contributed by atoms with E-state index >= 15 is 0 Å². The van der Waals surface area contributed by atoms with Crippen molar-refractivity contribution in [3.05, 3.63) is 0 Å². The van der Waals surface area contributed by atoms with Crippen molar-refractivity contribution in [1.82, 2.24) is 9.80 Å². The maximum atomic E-state index is 11.6. The smallest absolute Gasteiger partial charge is 0.225 e. The fraction of sp³-hybridized carbons (Fsp3) is 0.833. The first-order valence-electron chi connectivity index (χ1n) is 6.18. The number of rotatable bonds is 8. The van der Waals surface area contributed by atoms with Gasteiger partial charge in [0.1, 0.15) is 0 Å². The normalized spacial score (nSPS) is 10.9. The lowest BCUT2D eigenvalue weighted by Crippen LogP contribution is -2.30. The maximum Gasteiger partial charge on any atom is 0.225 e. The van der Waals surface area contributed by atoms with Crippen LogP contribution in [-0.4, -0.2) is 47.5 Å². The van der Waals surface area contributed by atoms with Gasteiger partial charge in [0.05, 0.1) is 11.8 Å². The first kappa shape index (κ1) is 18.6. The van der Waals surface area contributed by atoms with Crippen LogP contribution < -0.4 is 0 Å². The number of nitrogens with zero attached hydrogens (tertiary/aromatic N) is 2. The lowest BCUT2D eigenvalue weighted by molar-refractivity contribution is -0.132. The fourth-order valence-electron chi connectivity index (χ4n) is 1.24. The van der Waals surface area contributed by atoms with E-state index in [1.807, 2.05) is 27.7 Å². The summed E-state index contributed by atoms with van der Waals surface area (Å²) in [6, 6.07) is 0. The van der Waals surface area contributed by atoms with Crippen LogP contribution in [0.15, 0.2) is 0 Å². The molecule has 2 amide bonds. The van der Waals surface area contributed by atoms with E-state index in [0.29, 0.717) is 11.8 Å². The highest BCUT2D eigenvalue weighted by molar-refractivity contribution is 8.07. The Bertz CT molecular complexity index is 271. The largest absolute Gasteiger partial charge is 0.334 e. The number of hydrogen-bond acceptors (Lipinski definition) is 5. The molecule has 0 heterocycles. The van der Waals surface area contributed by atoms with E-state index in [2.05, 4.69) is 0 Å². The first-order chi connectivity index (χ1) is 8.77. The molecule has 0 saturated heterocycles. The van der Waals surface area contributed by atoms with Gasteiger partial charge in [-0.1, -0.05) is 27.7 Å². The molecular weight excluding hydrogens is 284 g/mol. The van der Waals surface area contributed by atoms with Gasteiger partial charge in [-0.15, -0.1) is 0 Å². The summed E-state index contributed by atoms with van der Waals surface area (Å²) >= 11 is 2.40. The summed E-state index contributed by atoms with van der Waals surface area (Å²) in [6.45, 7) is 7.47. The monoisotopic (exact) mass is 308 g/mol. The average Bonchev–Trinajstić information content (AvgIpc) is 2.35. The van der Waals surface area contributed by atoms with Gasteiger partial charge in [-0.3, -0.25) is 9.59 Å². The van der Waals surface area contributed by atoms with Crippen LogP contribution in [0, 0.1) is 11.8 Å². The van der Waals surface area contributed by atoms with Crippen LogP contribution in [0.2, 0.25) is 0 Å². The standard InChI is InChI=1S/C12H24N2O3S2/c1-9(2)11(15)13(5)7-18-17-19-8-14(6)12(16)10(3)4/h9-10H,7-8H2,1-6H3. The van der Waals surface area contributed by atoms with Crippen LogP contribution in [0.1, 0.15) is 27.7 Å². The minimum absolute atomic E-state index is 0.00644. The molecule has 0 aliphatic heterocycles. The van der Waals surface area contributed by atoms with Crippen LogP contribution in [0.25, 0.3) is 0 Å². The summed E-state index contributed by atoms with van der Waals surface area (Å²) in [6.07, 6.45) is 0. The van der Waals surface area contributed by atoms with Gasteiger partial charge in [0.15, 0.2) is 0 Å². The Kier molecular flexibility index (Phi) is 9.30. The lowest BCUT2D eigenvalue weighted by Gasteiger charge is -2.19. The van der Waals surface area contributed by atoms with Crippen molar-refractivity contribution in [2.45, 2.75) is 27.7 Å². The molecule has 0 atom stereocenters. The average molecular weight is 308 g/mol. The molecule has 7 heteroatoms. The Hall–Kier alpha value is -0.400. The third-order valence-electron chi connectivity index (χ3n) is 2.33. The predicted molar refractivity (Wildman–Crippen MR) is 81.2 cm³/mol. The zero-order valence-corrected chi connectivity index (χ0v) is 14.1. The molecule has 19 heavy (non-hydrogen) atoms. The molecule has 0 N–H and O–H groups in total. The van der Waals surface area contributed by atoms with Gasteiger partial charge in [-0.2, -0.15) is 0 Å². The SMILES string of the molecule is CC(C)C(=O)N(C)CSOSCN(C)C(=O)C(C)C. The number of carbonyl (C=O) groups is 2. The van der Waals surface area contributed by atoms with Crippen molar-refractivity contribution in [3.63, 3.8) is 0 Å². The Morgan fingerprint density at radius 1 is 0.895 bits per heavy atom.